The maximum absolute atomic E-state index is 4.50. The van der Waals surface area contributed by atoms with Gasteiger partial charge in [-0.25, -0.2) is 4.98 Å². The van der Waals surface area contributed by atoms with E-state index in [1.54, 1.807) is 0 Å². The minimum Gasteiger partial charge on any atom is -0.356 e. The van der Waals surface area contributed by atoms with E-state index >= 15 is 0 Å². The van der Waals surface area contributed by atoms with Gasteiger partial charge in [0.05, 0.1) is 0 Å². The molecule has 2 rings (SSSR count). The first kappa shape index (κ1) is 11.4. The summed E-state index contributed by atoms with van der Waals surface area (Å²) >= 11 is 3.48. The molecule has 2 nitrogen and oxygen atoms in total. The number of benzene rings is 1. The summed E-state index contributed by atoms with van der Waals surface area (Å²) in [5, 5.41) is 3.44. The fraction of sp³-hybridized carbons (Fsp3) is 0.308. The lowest BCUT2D eigenvalue weighted by Gasteiger charge is -2.22. The van der Waals surface area contributed by atoms with E-state index < -0.39 is 0 Å². The van der Waals surface area contributed by atoms with Crippen LogP contribution >= 0.6 is 15.9 Å². The summed E-state index contributed by atoms with van der Waals surface area (Å²) in [6.45, 7) is 4.12. The van der Waals surface area contributed by atoms with Gasteiger partial charge in [-0.1, -0.05) is 40.2 Å². The molecule has 0 radical (unpaired) electrons. The number of hydrogen-bond donors (Lipinski definition) is 0. The van der Waals surface area contributed by atoms with Crippen LogP contribution in [0.4, 0.5) is 5.82 Å². The van der Waals surface area contributed by atoms with Gasteiger partial charge in [0, 0.05) is 30.0 Å². The topological polar surface area (TPSA) is 16.1 Å². The Bertz CT molecular complexity index is 465. The number of hydrogen-bond acceptors (Lipinski definition) is 2. The van der Waals surface area contributed by atoms with Crippen LogP contribution in [0.15, 0.2) is 36.5 Å². The highest BCUT2D eigenvalue weighted by Crippen LogP contribution is 2.23. The van der Waals surface area contributed by atoms with Crippen LogP contribution in [0.1, 0.15) is 6.92 Å². The largest absolute Gasteiger partial charge is 0.356 e. The molecule has 0 bridgehead atoms. The highest BCUT2D eigenvalue weighted by molar-refractivity contribution is 9.09. The van der Waals surface area contributed by atoms with Crippen LogP contribution in [-0.4, -0.2) is 23.4 Å². The standard InChI is InChI=1S/C13H15BrN2/c1-2-16(10-8-14)13-12-6-4-3-5-11(12)7-9-15-13/h3-7,9H,2,8,10H2,1H3. The van der Waals surface area contributed by atoms with Gasteiger partial charge >= 0.3 is 0 Å². The Morgan fingerprint density at radius 2 is 2.06 bits per heavy atom. The van der Waals surface area contributed by atoms with Crippen LogP contribution in [0.5, 0.6) is 0 Å². The van der Waals surface area contributed by atoms with E-state index in [-0.39, 0.29) is 0 Å². The Hall–Kier alpha value is -1.09. The molecule has 1 aromatic carbocycles. The molecule has 0 fully saturated rings. The average Bonchev–Trinajstić information content (AvgIpc) is 2.35. The molecule has 0 aliphatic rings. The van der Waals surface area contributed by atoms with E-state index in [2.05, 4.69) is 63.1 Å². The number of nitrogens with zero attached hydrogens (tertiary/aromatic N) is 2. The maximum Gasteiger partial charge on any atom is 0.136 e. The summed E-state index contributed by atoms with van der Waals surface area (Å²) in [7, 11) is 0. The van der Waals surface area contributed by atoms with E-state index in [1.807, 2.05) is 6.20 Å². The Morgan fingerprint density at radius 3 is 2.81 bits per heavy atom. The number of aromatic nitrogens is 1. The fourth-order valence-electron chi connectivity index (χ4n) is 1.87. The van der Waals surface area contributed by atoms with Crippen molar-refractivity contribution in [2.45, 2.75) is 6.92 Å². The van der Waals surface area contributed by atoms with Crippen LogP contribution in [0.25, 0.3) is 10.8 Å². The number of anilines is 1. The molecule has 0 unspecified atom stereocenters. The van der Waals surface area contributed by atoms with Crippen molar-refractivity contribution in [1.82, 2.24) is 4.98 Å². The zero-order chi connectivity index (χ0) is 11.4. The molecule has 16 heavy (non-hydrogen) atoms. The third-order valence-electron chi connectivity index (χ3n) is 2.69. The van der Waals surface area contributed by atoms with E-state index in [0.717, 1.165) is 24.2 Å². The van der Waals surface area contributed by atoms with Crippen LogP contribution < -0.4 is 4.90 Å². The molecule has 0 spiro atoms. The van der Waals surface area contributed by atoms with Crippen LogP contribution in [0.2, 0.25) is 0 Å². The predicted molar refractivity (Wildman–Crippen MR) is 73.4 cm³/mol. The molecule has 2 aromatic rings. The molecule has 1 aromatic heterocycles. The van der Waals surface area contributed by atoms with Gasteiger partial charge in [-0.15, -0.1) is 0 Å². The van der Waals surface area contributed by atoms with Gasteiger partial charge in [-0.05, 0) is 18.4 Å². The Labute approximate surface area is 104 Å². The first-order valence-corrected chi connectivity index (χ1v) is 6.63. The molecule has 0 N–H and O–H groups in total. The summed E-state index contributed by atoms with van der Waals surface area (Å²) in [6.07, 6.45) is 1.88. The molecule has 1 heterocycles. The van der Waals surface area contributed by atoms with Crippen molar-refractivity contribution in [2.24, 2.45) is 0 Å². The zero-order valence-electron chi connectivity index (χ0n) is 9.36. The number of fused-ring (bicyclic) bond motifs is 1. The minimum atomic E-state index is 0.964. The van der Waals surface area contributed by atoms with E-state index in [4.69, 9.17) is 0 Å². The highest BCUT2D eigenvalue weighted by atomic mass is 79.9. The summed E-state index contributed by atoms with van der Waals surface area (Å²) < 4.78 is 0. The highest BCUT2D eigenvalue weighted by Gasteiger charge is 2.08. The van der Waals surface area contributed by atoms with E-state index in [9.17, 15) is 0 Å². The second kappa shape index (κ2) is 5.30. The van der Waals surface area contributed by atoms with Crippen molar-refractivity contribution in [1.29, 1.82) is 0 Å². The van der Waals surface area contributed by atoms with Crippen LogP contribution in [0, 0.1) is 0 Å². The minimum absolute atomic E-state index is 0.964. The first-order valence-electron chi connectivity index (χ1n) is 5.51. The van der Waals surface area contributed by atoms with Gasteiger partial charge in [0.1, 0.15) is 5.82 Å². The SMILES string of the molecule is CCN(CCBr)c1nccc2ccccc12. The van der Waals surface area contributed by atoms with E-state index in [0.29, 0.717) is 0 Å². The van der Waals surface area contributed by atoms with E-state index in [1.165, 1.54) is 10.8 Å². The van der Waals surface area contributed by atoms with Crippen molar-refractivity contribution < 1.29 is 0 Å². The zero-order valence-corrected chi connectivity index (χ0v) is 10.9. The lowest BCUT2D eigenvalue weighted by molar-refractivity contribution is 0.860. The molecule has 0 saturated heterocycles. The quantitative estimate of drug-likeness (QED) is 0.797. The molecule has 3 heteroatoms. The third kappa shape index (κ3) is 2.19. The molecular weight excluding hydrogens is 264 g/mol. The summed E-state index contributed by atoms with van der Waals surface area (Å²) in [5.41, 5.74) is 0. The molecule has 0 aliphatic carbocycles. The van der Waals surface area contributed by atoms with Crippen molar-refractivity contribution in [3.8, 4) is 0 Å². The summed E-state index contributed by atoms with van der Waals surface area (Å²) in [5.74, 6) is 1.08. The first-order chi connectivity index (χ1) is 7.86. The molecule has 84 valence electrons. The van der Waals surface area contributed by atoms with Crippen LogP contribution in [-0.2, 0) is 0 Å². The summed E-state index contributed by atoms with van der Waals surface area (Å²) in [4.78, 5) is 6.79. The Morgan fingerprint density at radius 1 is 1.25 bits per heavy atom. The molecular formula is C13H15BrN2. The van der Waals surface area contributed by atoms with Gasteiger partial charge in [-0.3, -0.25) is 0 Å². The third-order valence-corrected chi connectivity index (χ3v) is 3.04. The lowest BCUT2D eigenvalue weighted by atomic mass is 10.1. The van der Waals surface area contributed by atoms with Gasteiger partial charge in [0.2, 0.25) is 0 Å². The normalized spacial score (nSPS) is 10.6. The number of rotatable bonds is 4. The Kier molecular flexibility index (Phi) is 3.78. The van der Waals surface area contributed by atoms with Gasteiger partial charge in [0.15, 0.2) is 0 Å². The smallest absolute Gasteiger partial charge is 0.136 e. The monoisotopic (exact) mass is 278 g/mol. The van der Waals surface area contributed by atoms with Crippen molar-refractivity contribution in [3.05, 3.63) is 36.5 Å². The fourth-order valence-corrected chi connectivity index (χ4v) is 2.30. The predicted octanol–water partition coefficient (Wildman–Crippen LogP) is 3.46. The molecule has 0 amide bonds. The number of alkyl halides is 1. The Balaban J connectivity index is 2.50. The molecule has 0 aliphatic heterocycles. The number of pyridine rings is 1. The second-order valence-corrected chi connectivity index (χ2v) is 4.42. The maximum atomic E-state index is 4.50. The average molecular weight is 279 g/mol. The summed E-state index contributed by atoms with van der Waals surface area (Å²) in [6, 6.07) is 10.4. The lowest BCUT2D eigenvalue weighted by Crippen LogP contribution is -2.25. The second-order valence-electron chi connectivity index (χ2n) is 3.62. The molecule has 0 saturated carbocycles. The van der Waals surface area contributed by atoms with Crippen molar-refractivity contribution >= 4 is 32.5 Å². The number of halogens is 1. The molecule has 0 atom stereocenters. The van der Waals surface area contributed by atoms with Gasteiger partial charge in [-0.2, -0.15) is 0 Å². The van der Waals surface area contributed by atoms with Crippen molar-refractivity contribution in [2.75, 3.05) is 23.3 Å². The van der Waals surface area contributed by atoms with Gasteiger partial charge < -0.3 is 4.90 Å². The van der Waals surface area contributed by atoms with Crippen molar-refractivity contribution in [3.63, 3.8) is 0 Å². The van der Waals surface area contributed by atoms with Gasteiger partial charge in [0.25, 0.3) is 0 Å². The van der Waals surface area contributed by atoms with Crippen LogP contribution in [0.3, 0.4) is 0 Å².